The fourth-order valence-electron chi connectivity index (χ4n) is 1.07. The number of rotatable bonds is 4. The van der Waals surface area contributed by atoms with Gasteiger partial charge in [0.25, 0.3) is 0 Å². The molecule has 0 fully saturated rings. The molecular weight excluding hydrogens is 279 g/mol. The van der Waals surface area contributed by atoms with Crippen LogP contribution < -0.4 is 0 Å². The highest BCUT2D eigenvalue weighted by Crippen LogP contribution is 2.28. The molecule has 1 aromatic rings. The van der Waals surface area contributed by atoms with Gasteiger partial charge in [-0.2, -0.15) is 0 Å². The summed E-state index contributed by atoms with van der Waals surface area (Å²) in [6, 6.07) is 5.44. The Morgan fingerprint density at radius 2 is 2.12 bits per heavy atom. The number of carbonyl (C=O) groups is 1. The normalized spacial score (nSPS) is 11.4. The van der Waals surface area contributed by atoms with E-state index in [9.17, 15) is 4.79 Å². The van der Waals surface area contributed by atoms with Crippen LogP contribution in [0.2, 0.25) is 10.0 Å². The van der Waals surface area contributed by atoms with E-state index < -0.39 is 0 Å². The largest absolute Gasteiger partial charge is 0.466 e. The number of halogens is 2. The molecule has 0 aromatic heterocycles. The number of benzene rings is 1. The summed E-state index contributed by atoms with van der Waals surface area (Å²) in [5, 5.41) is 1.07. The first-order chi connectivity index (χ1) is 8.04. The van der Waals surface area contributed by atoms with Crippen molar-refractivity contribution in [2.45, 2.75) is 11.8 Å². The van der Waals surface area contributed by atoms with Gasteiger partial charge in [-0.05, 0) is 25.1 Å². The van der Waals surface area contributed by atoms with Crippen molar-refractivity contribution in [1.82, 2.24) is 0 Å². The van der Waals surface area contributed by atoms with E-state index in [2.05, 4.69) is 4.74 Å². The minimum atomic E-state index is -0.306. The molecule has 0 aliphatic rings. The lowest BCUT2D eigenvalue weighted by atomic mass is 10.3. The number of methoxy groups -OCH3 is 1. The third-order valence-corrected chi connectivity index (χ3v) is 3.70. The number of thioether (sulfide) groups is 1. The summed E-state index contributed by atoms with van der Waals surface area (Å²) < 4.78 is 4.59. The topological polar surface area (TPSA) is 26.3 Å². The maximum absolute atomic E-state index is 11.1. The molecular formula is C12H12Cl2O2S. The van der Waals surface area contributed by atoms with Crippen molar-refractivity contribution < 1.29 is 9.53 Å². The first-order valence-corrected chi connectivity index (χ1v) is 6.61. The summed E-state index contributed by atoms with van der Waals surface area (Å²) in [5.74, 6) is 0.374. The Morgan fingerprint density at radius 3 is 2.71 bits per heavy atom. The molecule has 0 saturated carbocycles. The molecule has 0 radical (unpaired) electrons. The van der Waals surface area contributed by atoms with Gasteiger partial charge < -0.3 is 4.74 Å². The van der Waals surface area contributed by atoms with Crippen LogP contribution in [-0.2, 0) is 9.53 Å². The number of hydrogen-bond acceptors (Lipinski definition) is 3. The average molecular weight is 291 g/mol. The van der Waals surface area contributed by atoms with Gasteiger partial charge in [-0.15, -0.1) is 11.8 Å². The lowest BCUT2D eigenvalue weighted by Crippen LogP contribution is -2.01. The van der Waals surface area contributed by atoms with Gasteiger partial charge in [0, 0.05) is 16.2 Å². The highest BCUT2D eigenvalue weighted by Gasteiger charge is 2.03. The molecule has 0 aliphatic carbocycles. The Balaban J connectivity index is 2.56. The summed E-state index contributed by atoms with van der Waals surface area (Å²) in [5.41, 5.74) is 0.597. The molecule has 0 spiro atoms. The minimum Gasteiger partial charge on any atom is -0.466 e. The first-order valence-electron chi connectivity index (χ1n) is 4.87. The molecule has 0 unspecified atom stereocenters. The van der Waals surface area contributed by atoms with E-state index in [0.29, 0.717) is 21.4 Å². The molecule has 92 valence electrons. The van der Waals surface area contributed by atoms with Crippen LogP contribution in [0, 0.1) is 0 Å². The van der Waals surface area contributed by atoms with Crippen molar-refractivity contribution >= 4 is 40.9 Å². The molecule has 0 amide bonds. The van der Waals surface area contributed by atoms with E-state index in [0.717, 1.165) is 4.90 Å². The second-order valence-electron chi connectivity index (χ2n) is 3.27. The van der Waals surface area contributed by atoms with Crippen LogP contribution in [-0.4, -0.2) is 18.8 Å². The second kappa shape index (κ2) is 6.94. The van der Waals surface area contributed by atoms with Gasteiger partial charge in [-0.25, -0.2) is 4.79 Å². The molecule has 1 rings (SSSR count). The van der Waals surface area contributed by atoms with Crippen LogP contribution in [0.1, 0.15) is 6.92 Å². The highest BCUT2D eigenvalue weighted by atomic mass is 35.5. The predicted octanol–water partition coefficient (Wildman–Crippen LogP) is 4.20. The standard InChI is InChI=1S/C12H12Cl2O2S/c1-8(12(15)16-2)5-6-17-9-3-4-10(13)11(14)7-9/h3-5,7H,6H2,1-2H3. The van der Waals surface area contributed by atoms with Gasteiger partial charge in [0.15, 0.2) is 0 Å². The van der Waals surface area contributed by atoms with Crippen molar-refractivity contribution in [3.05, 3.63) is 39.9 Å². The van der Waals surface area contributed by atoms with Crippen LogP contribution in [0.15, 0.2) is 34.7 Å². The Morgan fingerprint density at radius 1 is 1.41 bits per heavy atom. The fraction of sp³-hybridized carbons (Fsp3) is 0.250. The van der Waals surface area contributed by atoms with Crippen LogP contribution >= 0.6 is 35.0 Å². The SMILES string of the molecule is COC(=O)C(C)=CCSc1ccc(Cl)c(Cl)c1. The molecule has 0 atom stereocenters. The zero-order chi connectivity index (χ0) is 12.8. The van der Waals surface area contributed by atoms with Crippen LogP contribution in [0.4, 0.5) is 0 Å². The number of hydrogen-bond donors (Lipinski definition) is 0. The van der Waals surface area contributed by atoms with Gasteiger partial charge in [-0.1, -0.05) is 29.3 Å². The van der Waals surface area contributed by atoms with Crippen molar-refractivity contribution in [3.63, 3.8) is 0 Å². The monoisotopic (exact) mass is 290 g/mol. The summed E-state index contributed by atoms with van der Waals surface area (Å²) in [6.45, 7) is 1.72. The third kappa shape index (κ3) is 4.62. The lowest BCUT2D eigenvalue weighted by Gasteiger charge is -2.02. The summed E-state index contributed by atoms with van der Waals surface area (Å²) >= 11 is 13.3. The van der Waals surface area contributed by atoms with Crippen molar-refractivity contribution in [2.75, 3.05) is 12.9 Å². The van der Waals surface area contributed by atoms with Gasteiger partial charge in [0.2, 0.25) is 0 Å². The number of carbonyl (C=O) groups excluding carboxylic acids is 1. The first kappa shape index (κ1) is 14.4. The Labute approximate surface area is 115 Å². The van der Waals surface area contributed by atoms with Crippen molar-refractivity contribution in [2.24, 2.45) is 0 Å². The molecule has 1 aromatic carbocycles. The fourth-order valence-corrected chi connectivity index (χ4v) is 2.33. The molecule has 0 heterocycles. The predicted molar refractivity (Wildman–Crippen MR) is 73.0 cm³/mol. The summed E-state index contributed by atoms with van der Waals surface area (Å²) in [7, 11) is 1.37. The van der Waals surface area contributed by atoms with Crippen LogP contribution in [0.3, 0.4) is 0 Å². The maximum atomic E-state index is 11.1. The molecule has 0 bridgehead atoms. The molecule has 0 saturated heterocycles. The maximum Gasteiger partial charge on any atom is 0.333 e. The smallest absolute Gasteiger partial charge is 0.333 e. The Hall–Kier alpha value is -0.640. The molecule has 0 aliphatic heterocycles. The Kier molecular flexibility index (Phi) is 5.89. The highest BCUT2D eigenvalue weighted by molar-refractivity contribution is 7.99. The van der Waals surface area contributed by atoms with Crippen molar-refractivity contribution in [3.8, 4) is 0 Å². The third-order valence-electron chi connectivity index (χ3n) is 2.04. The molecule has 17 heavy (non-hydrogen) atoms. The van der Waals surface area contributed by atoms with E-state index in [1.165, 1.54) is 7.11 Å². The van der Waals surface area contributed by atoms with Crippen molar-refractivity contribution in [1.29, 1.82) is 0 Å². The minimum absolute atomic E-state index is 0.306. The number of ether oxygens (including phenoxy) is 1. The summed E-state index contributed by atoms with van der Waals surface area (Å²) in [4.78, 5) is 12.1. The van der Waals surface area contributed by atoms with E-state index in [-0.39, 0.29) is 5.97 Å². The quantitative estimate of drug-likeness (QED) is 0.472. The van der Waals surface area contributed by atoms with Crippen LogP contribution in [0.25, 0.3) is 0 Å². The van der Waals surface area contributed by atoms with Gasteiger partial charge >= 0.3 is 5.97 Å². The number of esters is 1. The van der Waals surface area contributed by atoms with Gasteiger partial charge in [0.05, 0.1) is 17.2 Å². The van der Waals surface area contributed by atoms with Crippen LogP contribution in [0.5, 0.6) is 0 Å². The zero-order valence-corrected chi connectivity index (χ0v) is 11.8. The second-order valence-corrected chi connectivity index (χ2v) is 5.17. The summed E-state index contributed by atoms with van der Waals surface area (Å²) in [6.07, 6.45) is 1.82. The average Bonchev–Trinajstić information content (AvgIpc) is 2.32. The van der Waals surface area contributed by atoms with E-state index in [4.69, 9.17) is 23.2 Å². The zero-order valence-electron chi connectivity index (χ0n) is 9.50. The molecule has 2 nitrogen and oxygen atoms in total. The lowest BCUT2D eigenvalue weighted by molar-refractivity contribution is -0.136. The van der Waals surface area contributed by atoms with E-state index in [1.54, 1.807) is 30.8 Å². The Bertz CT molecular complexity index is 444. The van der Waals surface area contributed by atoms with Gasteiger partial charge in [0.1, 0.15) is 0 Å². The molecule has 5 heteroatoms. The van der Waals surface area contributed by atoms with Gasteiger partial charge in [-0.3, -0.25) is 0 Å². The van der Waals surface area contributed by atoms with E-state index >= 15 is 0 Å². The molecule has 0 N–H and O–H groups in total. The van der Waals surface area contributed by atoms with E-state index in [1.807, 2.05) is 12.1 Å².